The van der Waals surface area contributed by atoms with Crippen LogP contribution in [-0.4, -0.2) is 19.5 Å². The highest BCUT2D eigenvalue weighted by Crippen LogP contribution is 2.32. The summed E-state index contributed by atoms with van der Waals surface area (Å²) in [5.41, 5.74) is -1.45. The number of hydrogen-bond acceptors (Lipinski definition) is 2. The smallest absolute Gasteiger partial charge is 0.326 e. The average molecular weight is 278 g/mol. The van der Waals surface area contributed by atoms with Crippen LogP contribution in [0.25, 0.3) is 0 Å². The normalized spacial score (nSPS) is 11.4. The maximum absolute atomic E-state index is 13.0. The molecule has 0 bridgehead atoms. The molecular formula is C12H14F4N2O. The van der Waals surface area contributed by atoms with Gasteiger partial charge in [0.1, 0.15) is 5.82 Å². The van der Waals surface area contributed by atoms with Crippen LogP contribution in [0.4, 0.5) is 23.2 Å². The number of alkyl halides is 3. The Morgan fingerprint density at radius 1 is 1.32 bits per heavy atom. The molecule has 3 nitrogen and oxygen atoms in total. The van der Waals surface area contributed by atoms with Gasteiger partial charge in [-0.1, -0.05) is 0 Å². The fourth-order valence-corrected chi connectivity index (χ4v) is 1.47. The van der Waals surface area contributed by atoms with Crippen LogP contribution in [0.1, 0.15) is 18.4 Å². The molecule has 0 aliphatic heterocycles. The Morgan fingerprint density at radius 3 is 2.58 bits per heavy atom. The minimum atomic E-state index is -4.78. The van der Waals surface area contributed by atoms with Crippen molar-refractivity contribution in [1.82, 2.24) is 5.32 Å². The van der Waals surface area contributed by atoms with Crippen molar-refractivity contribution in [3.8, 4) is 0 Å². The number of benzene rings is 1. The van der Waals surface area contributed by atoms with Crippen molar-refractivity contribution in [2.24, 2.45) is 0 Å². The van der Waals surface area contributed by atoms with Gasteiger partial charge in [-0.3, -0.25) is 4.79 Å². The van der Waals surface area contributed by atoms with Gasteiger partial charge in [-0.05, 0) is 38.2 Å². The highest BCUT2D eigenvalue weighted by Gasteiger charge is 2.34. The molecule has 0 radical (unpaired) electrons. The molecule has 1 amide bonds. The third-order valence-corrected chi connectivity index (χ3v) is 2.39. The maximum atomic E-state index is 13.0. The molecule has 0 aromatic heterocycles. The molecule has 2 N–H and O–H groups in total. The highest BCUT2D eigenvalue weighted by atomic mass is 19.4. The fourth-order valence-electron chi connectivity index (χ4n) is 1.47. The van der Waals surface area contributed by atoms with Crippen LogP contribution in [-0.2, 0) is 11.0 Å². The lowest BCUT2D eigenvalue weighted by Crippen LogP contribution is -2.16. The van der Waals surface area contributed by atoms with Crippen LogP contribution >= 0.6 is 0 Å². The van der Waals surface area contributed by atoms with E-state index in [1.165, 1.54) is 0 Å². The summed E-state index contributed by atoms with van der Waals surface area (Å²) in [7, 11) is 1.73. The first-order valence-electron chi connectivity index (χ1n) is 5.66. The molecule has 1 rings (SSSR count). The van der Waals surface area contributed by atoms with Gasteiger partial charge in [-0.15, -0.1) is 0 Å². The van der Waals surface area contributed by atoms with Crippen molar-refractivity contribution in [3.05, 3.63) is 29.6 Å². The summed E-state index contributed by atoms with van der Waals surface area (Å²) in [6.45, 7) is 0.630. The van der Waals surface area contributed by atoms with Crippen LogP contribution in [0.3, 0.4) is 0 Å². The van der Waals surface area contributed by atoms with E-state index in [2.05, 4.69) is 10.6 Å². The Balaban J connectivity index is 2.72. The lowest BCUT2D eigenvalue weighted by atomic mass is 10.1. The van der Waals surface area contributed by atoms with Crippen LogP contribution in [0, 0.1) is 5.82 Å². The van der Waals surface area contributed by atoms with E-state index < -0.39 is 23.5 Å². The first kappa shape index (κ1) is 15.4. The third kappa shape index (κ3) is 4.86. The summed E-state index contributed by atoms with van der Waals surface area (Å²) in [5, 5.41) is 5.15. The van der Waals surface area contributed by atoms with Crippen molar-refractivity contribution in [2.75, 3.05) is 18.9 Å². The van der Waals surface area contributed by atoms with E-state index in [4.69, 9.17) is 0 Å². The second kappa shape index (κ2) is 6.51. The molecule has 0 spiro atoms. The predicted octanol–water partition coefficient (Wildman–Crippen LogP) is 2.78. The second-order valence-corrected chi connectivity index (χ2v) is 3.95. The van der Waals surface area contributed by atoms with Crippen LogP contribution in [0.2, 0.25) is 0 Å². The molecule has 1 aromatic rings. The van der Waals surface area contributed by atoms with Gasteiger partial charge >= 0.3 is 6.18 Å². The van der Waals surface area contributed by atoms with Crippen molar-refractivity contribution in [3.63, 3.8) is 0 Å². The van der Waals surface area contributed by atoms with Crippen molar-refractivity contribution >= 4 is 11.6 Å². The van der Waals surface area contributed by atoms with E-state index in [0.29, 0.717) is 25.1 Å². The third-order valence-electron chi connectivity index (χ3n) is 2.39. The lowest BCUT2D eigenvalue weighted by Gasteiger charge is -2.11. The van der Waals surface area contributed by atoms with Crippen LogP contribution in [0.15, 0.2) is 18.2 Å². The van der Waals surface area contributed by atoms with Crippen molar-refractivity contribution in [2.45, 2.75) is 19.0 Å². The quantitative estimate of drug-likeness (QED) is 0.642. The van der Waals surface area contributed by atoms with E-state index in [0.717, 1.165) is 6.07 Å². The molecule has 0 fully saturated rings. The first-order valence-corrected chi connectivity index (χ1v) is 5.66. The maximum Gasteiger partial charge on any atom is 0.419 e. The molecule has 0 saturated heterocycles. The highest BCUT2D eigenvalue weighted by molar-refractivity contribution is 5.90. The SMILES string of the molecule is CNCCCC(=O)Nc1ccc(F)c(C(F)(F)F)c1. The fraction of sp³-hybridized carbons (Fsp3) is 0.417. The number of amides is 1. The zero-order chi connectivity index (χ0) is 14.5. The summed E-state index contributed by atoms with van der Waals surface area (Å²) in [5.74, 6) is -1.77. The number of rotatable bonds is 5. The zero-order valence-corrected chi connectivity index (χ0v) is 10.3. The van der Waals surface area contributed by atoms with Gasteiger partial charge in [-0.2, -0.15) is 13.2 Å². The molecule has 0 unspecified atom stereocenters. The van der Waals surface area contributed by atoms with Crippen molar-refractivity contribution < 1.29 is 22.4 Å². The summed E-state index contributed by atoms with van der Waals surface area (Å²) >= 11 is 0. The van der Waals surface area contributed by atoms with Gasteiger partial charge in [0, 0.05) is 12.1 Å². The molecular weight excluding hydrogens is 264 g/mol. The van der Waals surface area contributed by atoms with E-state index in [9.17, 15) is 22.4 Å². The number of carbonyl (C=O) groups is 1. The van der Waals surface area contributed by atoms with Gasteiger partial charge in [0.2, 0.25) is 5.91 Å². The molecule has 106 valence electrons. The minimum absolute atomic E-state index is 0.0665. The summed E-state index contributed by atoms with van der Waals surface area (Å²) in [6.07, 6.45) is -4.04. The van der Waals surface area contributed by atoms with Crippen LogP contribution < -0.4 is 10.6 Å². The van der Waals surface area contributed by atoms with Gasteiger partial charge < -0.3 is 10.6 Å². The lowest BCUT2D eigenvalue weighted by molar-refractivity contribution is -0.140. The van der Waals surface area contributed by atoms with Crippen LogP contribution in [0.5, 0.6) is 0 Å². The van der Waals surface area contributed by atoms with Gasteiger partial charge in [0.15, 0.2) is 0 Å². The Hall–Kier alpha value is -1.63. The zero-order valence-electron chi connectivity index (χ0n) is 10.3. The van der Waals surface area contributed by atoms with E-state index >= 15 is 0 Å². The largest absolute Gasteiger partial charge is 0.419 e. The molecule has 0 heterocycles. The molecule has 0 saturated carbocycles. The van der Waals surface area contributed by atoms with Gasteiger partial charge in [0.05, 0.1) is 5.56 Å². The predicted molar refractivity (Wildman–Crippen MR) is 63.2 cm³/mol. The molecule has 0 atom stereocenters. The van der Waals surface area contributed by atoms with E-state index in [1.807, 2.05) is 0 Å². The molecule has 1 aromatic carbocycles. The monoisotopic (exact) mass is 278 g/mol. The van der Waals surface area contributed by atoms with E-state index in [-0.39, 0.29) is 12.1 Å². The number of nitrogens with one attached hydrogen (secondary N) is 2. The molecule has 0 aliphatic carbocycles. The topological polar surface area (TPSA) is 41.1 Å². The average Bonchev–Trinajstić information content (AvgIpc) is 2.30. The minimum Gasteiger partial charge on any atom is -0.326 e. The number of halogens is 4. The Bertz CT molecular complexity index is 446. The summed E-state index contributed by atoms with van der Waals surface area (Å²) in [4.78, 5) is 11.4. The number of carbonyl (C=O) groups excluding carboxylic acids is 1. The second-order valence-electron chi connectivity index (χ2n) is 3.95. The molecule has 19 heavy (non-hydrogen) atoms. The number of anilines is 1. The standard InChI is InChI=1S/C12H14F4N2O/c1-17-6-2-3-11(19)18-8-4-5-10(13)9(7-8)12(14,15)16/h4-5,7,17H,2-3,6H2,1H3,(H,18,19). The molecule has 0 aliphatic rings. The van der Waals surface area contributed by atoms with E-state index in [1.54, 1.807) is 7.05 Å². The Labute approximate surface area is 108 Å². The Morgan fingerprint density at radius 2 is 2.00 bits per heavy atom. The summed E-state index contributed by atoms with van der Waals surface area (Å²) < 4.78 is 50.4. The Kier molecular flexibility index (Phi) is 5.29. The van der Waals surface area contributed by atoms with Gasteiger partial charge in [0.25, 0.3) is 0 Å². The van der Waals surface area contributed by atoms with Crippen molar-refractivity contribution in [1.29, 1.82) is 0 Å². The first-order chi connectivity index (χ1) is 8.84. The summed E-state index contributed by atoms with van der Waals surface area (Å²) in [6, 6.07) is 2.37. The van der Waals surface area contributed by atoms with Gasteiger partial charge in [-0.25, -0.2) is 4.39 Å². The molecule has 7 heteroatoms. The number of hydrogen-bond donors (Lipinski definition) is 2.